The van der Waals surface area contributed by atoms with Gasteiger partial charge in [0.2, 0.25) is 5.92 Å². The predicted octanol–water partition coefficient (Wildman–Crippen LogP) is 25.0. The van der Waals surface area contributed by atoms with Gasteiger partial charge >= 0.3 is 0 Å². The summed E-state index contributed by atoms with van der Waals surface area (Å²) in [5, 5.41) is 9.13. The lowest BCUT2D eigenvalue weighted by atomic mass is 10.0. The van der Waals surface area contributed by atoms with Crippen LogP contribution in [-0.4, -0.2) is 18.1 Å². The summed E-state index contributed by atoms with van der Waals surface area (Å²) in [6.45, 7) is 56.4. The number of benzene rings is 3. The van der Waals surface area contributed by atoms with E-state index in [2.05, 4.69) is 196 Å². The number of halogens is 2. The molecule has 1 N–H and O–H groups in total. The van der Waals surface area contributed by atoms with Crippen LogP contribution in [0.5, 0.6) is 11.5 Å². The number of phenols is 1. The number of alkyl halides is 2. The van der Waals surface area contributed by atoms with E-state index in [1.165, 1.54) is 99.3 Å². The van der Waals surface area contributed by atoms with Crippen LogP contribution < -0.4 is 4.74 Å². The van der Waals surface area contributed by atoms with Crippen LogP contribution in [0.4, 0.5) is 8.78 Å². The number of phenolic OH excluding ortho intramolecular Hbond substituents is 1. The number of unbranched alkanes of at least 4 members (excludes halogenated alkanes) is 2. The molecule has 0 aromatic heterocycles. The normalized spacial score (nSPS) is 10.7. The van der Waals surface area contributed by atoms with E-state index in [9.17, 15) is 8.78 Å². The zero-order valence-electron chi connectivity index (χ0n) is 56.1. The Hall–Kier alpha value is -2.88. The molecule has 0 fully saturated rings. The standard InChI is InChI=1S/C11H16O.C11H16.C10H14O.C7H14F2.3C7H16.2C6H14/c1-9(2)7-10-5-4-6-11(8-10)12-3;1-9(2)8-11-6-4-10(3)5-7-11;1-8(2)6-9-4-3-5-10(11)7-9;1-6(2)4-5-7(3,8)9;1-6(2)5-7(3)4;2*1-4-5-6-7(2)3;2*1-4-5-6(2)3/h4-6,8-9H,7H2,1-3H3;4-7,9H,8H2,1-3H3;3-5,7-8,11H,6H2,1-2H3;6H,4-5H2,1-3H3;6-7H,5H2,1-4H3;2*7H,4-6H2,1-3H3;2*6H,4-5H2,1-3H3. The lowest BCUT2D eigenvalue weighted by molar-refractivity contribution is 0.00781. The van der Waals surface area contributed by atoms with Crippen LogP contribution in [0.3, 0.4) is 0 Å². The van der Waals surface area contributed by atoms with E-state index < -0.39 is 5.92 Å². The van der Waals surface area contributed by atoms with Crippen LogP contribution in [0.15, 0.2) is 72.8 Å². The summed E-state index contributed by atoms with van der Waals surface area (Å²) >= 11 is 0. The number of aryl methyl sites for hydroxylation is 1. The van der Waals surface area contributed by atoms with Crippen molar-refractivity contribution in [3.05, 3.63) is 95.1 Å². The van der Waals surface area contributed by atoms with Gasteiger partial charge in [0, 0.05) is 6.42 Å². The Labute approximate surface area is 478 Å². The van der Waals surface area contributed by atoms with E-state index in [4.69, 9.17) is 9.84 Å². The molecule has 0 saturated heterocycles. The fourth-order valence-corrected chi connectivity index (χ4v) is 7.49. The van der Waals surface area contributed by atoms with Gasteiger partial charge in [-0.1, -0.05) is 284 Å². The molecule has 3 aromatic carbocycles. The van der Waals surface area contributed by atoms with Gasteiger partial charge in [-0.05, 0) is 146 Å². The smallest absolute Gasteiger partial charge is 0.245 e. The third-order valence-electron chi connectivity index (χ3n) is 11.2. The molecular formula is C72H136F2O2. The summed E-state index contributed by atoms with van der Waals surface area (Å²) in [4.78, 5) is 0. The molecule has 3 rings (SSSR count). The Balaban J connectivity index is -0.000000184. The molecule has 0 unspecified atom stereocenters. The molecule has 0 spiro atoms. The Morgan fingerprint density at radius 1 is 0.421 bits per heavy atom. The molecule has 0 aliphatic carbocycles. The van der Waals surface area contributed by atoms with E-state index in [-0.39, 0.29) is 6.42 Å². The second-order valence-electron chi connectivity index (χ2n) is 25.8. The number of hydrogen-bond donors (Lipinski definition) is 1. The summed E-state index contributed by atoms with van der Waals surface area (Å²) in [7, 11) is 1.70. The number of ether oxygens (including phenoxy) is 1. The molecule has 76 heavy (non-hydrogen) atoms. The number of rotatable bonds is 22. The molecule has 0 aliphatic heterocycles. The van der Waals surface area contributed by atoms with Crippen molar-refractivity contribution in [3.8, 4) is 11.5 Å². The fourth-order valence-electron chi connectivity index (χ4n) is 7.49. The molecular weight excluding hydrogens is 935 g/mol. The molecule has 0 atom stereocenters. The van der Waals surface area contributed by atoms with Crippen molar-refractivity contribution in [2.24, 2.45) is 59.2 Å². The molecule has 0 amide bonds. The van der Waals surface area contributed by atoms with Crippen molar-refractivity contribution in [2.75, 3.05) is 7.11 Å². The first-order valence-electron chi connectivity index (χ1n) is 31.1. The van der Waals surface area contributed by atoms with E-state index in [1.54, 1.807) is 13.2 Å². The zero-order chi connectivity index (χ0) is 60.2. The Kier molecular flexibility index (Phi) is 63.1. The maximum Gasteiger partial charge on any atom is 0.245 e. The maximum atomic E-state index is 12.1. The third kappa shape index (κ3) is 82.5. The van der Waals surface area contributed by atoms with Gasteiger partial charge in [0.1, 0.15) is 11.5 Å². The highest BCUT2D eigenvalue weighted by atomic mass is 19.3. The fraction of sp³-hybridized carbons (Fsp3) is 0.750. The summed E-state index contributed by atoms with van der Waals surface area (Å²) in [6.07, 6.45) is 19.0. The van der Waals surface area contributed by atoms with E-state index in [1.807, 2.05) is 44.2 Å². The average Bonchev–Trinajstić information content (AvgIpc) is 3.28. The van der Waals surface area contributed by atoms with E-state index in [0.717, 1.165) is 66.9 Å². The van der Waals surface area contributed by atoms with Gasteiger partial charge in [0.05, 0.1) is 7.11 Å². The lowest BCUT2D eigenvalue weighted by Crippen LogP contribution is -2.10. The van der Waals surface area contributed by atoms with Gasteiger partial charge in [0.25, 0.3) is 0 Å². The van der Waals surface area contributed by atoms with Crippen molar-refractivity contribution in [1.82, 2.24) is 0 Å². The largest absolute Gasteiger partial charge is 0.508 e. The van der Waals surface area contributed by atoms with Crippen LogP contribution in [0.25, 0.3) is 0 Å². The molecule has 0 aliphatic rings. The second kappa shape index (κ2) is 56.8. The van der Waals surface area contributed by atoms with Crippen LogP contribution >= 0.6 is 0 Å². The highest BCUT2D eigenvalue weighted by molar-refractivity contribution is 5.29. The Morgan fingerprint density at radius 3 is 1.01 bits per heavy atom. The minimum Gasteiger partial charge on any atom is -0.508 e. The van der Waals surface area contributed by atoms with E-state index in [0.29, 0.717) is 29.9 Å². The van der Waals surface area contributed by atoms with Crippen LogP contribution in [0.2, 0.25) is 0 Å². The van der Waals surface area contributed by atoms with Gasteiger partial charge in [-0.3, -0.25) is 0 Å². The highest BCUT2D eigenvalue weighted by Gasteiger charge is 2.20. The van der Waals surface area contributed by atoms with Crippen molar-refractivity contribution >= 4 is 0 Å². The van der Waals surface area contributed by atoms with Crippen molar-refractivity contribution in [3.63, 3.8) is 0 Å². The first-order chi connectivity index (χ1) is 35.2. The predicted molar refractivity (Wildman–Crippen MR) is 345 cm³/mol. The number of hydrogen-bond acceptors (Lipinski definition) is 2. The van der Waals surface area contributed by atoms with Crippen molar-refractivity contribution in [1.29, 1.82) is 0 Å². The quantitative estimate of drug-likeness (QED) is 0.109. The minimum atomic E-state index is -2.47. The summed E-state index contributed by atoms with van der Waals surface area (Å²) in [5.74, 6) is 6.70. The van der Waals surface area contributed by atoms with Crippen LogP contribution in [-0.2, 0) is 19.3 Å². The lowest BCUT2D eigenvalue weighted by Gasteiger charge is -2.10. The second-order valence-corrected chi connectivity index (χ2v) is 25.8. The Bertz CT molecular complexity index is 1530. The summed E-state index contributed by atoms with van der Waals surface area (Å²) in [5.41, 5.74) is 5.35. The molecule has 4 heteroatoms. The van der Waals surface area contributed by atoms with Gasteiger partial charge < -0.3 is 9.84 Å². The molecule has 0 saturated carbocycles. The average molecular weight is 1070 g/mol. The maximum absolute atomic E-state index is 12.1. The molecule has 2 nitrogen and oxygen atoms in total. The highest BCUT2D eigenvalue weighted by Crippen LogP contribution is 2.21. The van der Waals surface area contributed by atoms with Gasteiger partial charge in [-0.2, -0.15) is 0 Å². The summed E-state index contributed by atoms with van der Waals surface area (Å²) < 4.78 is 29.3. The zero-order valence-corrected chi connectivity index (χ0v) is 56.1. The van der Waals surface area contributed by atoms with Gasteiger partial charge in [-0.25, -0.2) is 8.78 Å². The molecule has 0 heterocycles. The summed E-state index contributed by atoms with van der Waals surface area (Å²) in [6, 6.07) is 24.5. The first-order valence-corrected chi connectivity index (χ1v) is 31.1. The molecule has 0 radical (unpaired) electrons. The van der Waals surface area contributed by atoms with Crippen LogP contribution in [0.1, 0.15) is 279 Å². The number of aromatic hydroxyl groups is 1. The number of methoxy groups -OCH3 is 1. The first kappa shape index (κ1) is 84.4. The molecule has 3 aromatic rings. The van der Waals surface area contributed by atoms with E-state index >= 15 is 0 Å². The Morgan fingerprint density at radius 2 is 0.776 bits per heavy atom. The van der Waals surface area contributed by atoms with Crippen molar-refractivity contribution < 1.29 is 18.6 Å². The minimum absolute atomic E-state index is 0.0185. The van der Waals surface area contributed by atoms with Gasteiger partial charge in [0.15, 0.2) is 0 Å². The SMILES string of the molecule is CC(C)CC(C)C.CC(C)CCC(C)(F)F.CC(C)Cc1cccc(O)c1.CCCC(C)C.CCCC(C)C.CCCCC(C)C.CCCCC(C)C.COc1cccc(CC(C)C)c1.Cc1ccc(CC(C)C)cc1. The third-order valence-corrected chi connectivity index (χ3v) is 11.2. The van der Waals surface area contributed by atoms with Crippen LogP contribution in [0, 0.1) is 66.1 Å². The van der Waals surface area contributed by atoms with Gasteiger partial charge in [-0.15, -0.1) is 0 Å². The topological polar surface area (TPSA) is 29.5 Å². The molecule has 0 bridgehead atoms. The monoisotopic (exact) mass is 1070 g/mol. The molecule has 450 valence electrons. The van der Waals surface area contributed by atoms with Crippen molar-refractivity contribution in [2.45, 2.75) is 289 Å².